The highest BCUT2D eigenvalue weighted by Crippen LogP contribution is 2.25. The molecule has 0 spiro atoms. The Labute approximate surface area is 168 Å². The van der Waals surface area contributed by atoms with Gasteiger partial charge in [0.15, 0.2) is 5.78 Å². The molecule has 7 heteroatoms. The number of ketones is 1. The number of Topliss-reactive ketones (excluding diaryl/α,β-unsaturated/α-hetero) is 1. The summed E-state index contributed by atoms with van der Waals surface area (Å²) in [5.74, 6) is 2.27. The molecule has 2 aromatic carbocycles. The monoisotopic (exact) mass is 397 g/mol. The van der Waals surface area contributed by atoms with E-state index in [0.29, 0.717) is 22.8 Å². The number of imidazole rings is 1. The molecule has 0 aliphatic rings. The highest BCUT2D eigenvalue weighted by molar-refractivity contribution is 7.99. The van der Waals surface area contributed by atoms with Gasteiger partial charge in [-0.3, -0.25) is 9.59 Å². The average molecular weight is 398 g/mol. The molecular formula is C21H23N3O3S. The molecule has 28 heavy (non-hydrogen) atoms. The maximum atomic E-state index is 12.3. The zero-order valence-corrected chi connectivity index (χ0v) is 16.9. The first-order valence-electron chi connectivity index (χ1n) is 8.97. The van der Waals surface area contributed by atoms with Crippen LogP contribution in [0.4, 0.5) is 0 Å². The Morgan fingerprint density at radius 1 is 1.25 bits per heavy atom. The van der Waals surface area contributed by atoms with E-state index in [0.717, 1.165) is 22.4 Å². The third-order valence-electron chi connectivity index (χ3n) is 4.37. The number of benzene rings is 2. The zero-order valence-electron chi connectivity index (χ0n) is 16.1. The number of amides is 1. The van der Waals surface area contributed by atoms with Crippen LogP contribution < -0.4 is 10.1 Å². The van der Waals surface area contributed by atoms with Gasteiger partial charge in [-0.05, 0) is 44.2 Å². The molecule has 0 aliphatic heterocycles. The summed E-state index contributed by atoms with van der Waals surface area (Å²) in [6.07, 6.45) is 0. The third-order valence-corrected chi connectivity index (χ3v) is 5.35. The van der Waals surface area contributed by atoms with Crippen LogP contribution in [0.2, 0.25) is 0 Å². The van der Waals surface area contributed by atoms with Crippen molar-refractivity contribution in [3.05, 3.63) is 59.4 Å². The summed E-state index contributed by atoms with van der Waals surface area (Å²) in [5, 5.41) is 2.96. The van der Waals surface area contributed by atoms with Crippen LogP contribution in [0.1, 0.15) is 41.6 Å². The number of fused-ring (bicyclic) bond motifs is 1. The number of nitrogens with one attached hydrogen (secondary N) is 2. The van der Waals surface area contributed by atoms with E-state index in [-0.39, 0.29) is 17.7 Å². The molecule has 6 nitrogen and oxygen atoms in total. The number of hydrogen-bond donors (Lipinski definition) is 2. The maximum Gasteiger partial charge on any atom is 0.230 e. The van der Waals surface area contributed by atoms with E-state index in [4.69, 9.17) is 4.74 Å². The van der Waals surface area contributed by atoms with Gasteiger partial charge in [-0.15, -0.1) is 11.8 Å². The quantitative estimate of drug-likeness (QED) is 0.564. The maximum absolute atomic E-state index is 12.3. The number of carbonyl (C=O) groups excluding carboxylic acids is 2. The lowest BCUT2D eigenvalue weighted by Gasteiger charge is -2.12. The average Bonchev–Trinajstić information content (AvgIpc) is 3.12. The fourth-order valence-corrected chi connectivity index (χ4v) is 3.71. The number of nitrogens with zero attached hydrogens (tertiary/aromatic N) is 1. The van der Waals surface area contributed by atoms with Crippen molar-refractivity contribution in [2.75, 3.05) is 12.9 Å². The van der Waals surface area contributed by atoms with E-state index in [2.05, 4.69) is 15.3 Å². The van der Waals surface area contributed by atoms with E-state index in [1.54, 1.807) is 19.2 Å². The Morgan fingerprint density at radius 2 is 2.04 bits per heavy atom. The molecule has 1 heterocycles. The van der Waals surface area contributed by atoms with Crippen molar-refractivity contribution >= 4 is 34.5 Å². The molecule has 146 valence electrons. The predicted molar refractivity (Wildman–Crippen MR) is 112 cm³/mol. The van der Waals surface area contributed by atoms with Crippen molar-refractivity contribution in [3.63, 3.8) is 0 Å². The fourth-order valence-electron chi connectivity index (χ4n) is 2.89. The molecule has 1 aromatic heterocycles. The molecule has 3 rings (SSSR count). The van der Waals surface area contributed by atoms with E-state index < -0.39 is 0 Å². The van der Waals surface area contributed by atoms with Crippen LogP contribution in [0.3, 0.4) is 0 Å². The summed E-state index contributed by atoms with van der Waals surface area (Å²) in [5.41, 5.74) is 3.37. The minimum atomic E-state index is -0.212. The van der Waals surface area contributed by atoms with Gasteiger partial charge < -0.3 is 15.0 Å². The summed E-state index contributed by atoms with van der Waals surface area (Å²) < 4.78 is 5.35. The first-order valence-corrected chi connectivity index (χ1v) is 10.1. The van der Waals surface area contributed by atoms with Gasteiger partial charge in [0, 0.05) is 16.9 Å². The molecule has 2 N–H and O–H groups in total. The molecule has 0 aliphatic carbocycles. The Balaban J connectivity index is 1.55. The second-order valence-corrected chi connectivity index (χ2v) is 7.49. The largest absolute Gasteiger partial charge is 0.496 e. The Bertz CT molecular complexity index is 966. The van der Waals surface area contributed by atoms with Crippen molar-refractivity contribution in [2.45, 2.75) is 25.6 Å². The van der Waals surface area contributed by atoms with Gasteiger partial charge in [0.2, 0.25) is 5.91 Å². The Hall–Kier alpha value is -2.80. The summed E-state index contributed by atoms with van der Waals surface area (Å²) >= 11 is 1.47. The van der Waals surface area contributed by atoms with Crippen LogP contribution >= 0.6 is 11.8 Å². The molecule has 0 saturated heterocycles. The van der Waals surface area contributed by atoms with Crippen molar-refractivity contribution in [3.8, 4) is 5.75 Å². The lowest BCUT2D eigenvalue weighted by molar-refractivity contribution is -0.119. The molecule has 1 amide bonds. The minimum absolute atomic E-state index is 0.00584. The zero-order chi connectivity index (χ0) is 20.1. The lowest BCUT2D eigenvalue weighted by Crippen LogP contribution is -2.28. The molecule has 1 atom stereocenters. The number of carbonyl (C=O) groups is 2. The molecule has 0 radical (unpaired) electrons. The number of hydrogen-bond acceptors (Lipinski definition) is 5. The van der Waals surface area contributed by atoms with Crippen molar-refractivity contribution in [1.29, 1.82) is 0 Å². The second-order valence-electron chi connectivity index (χ2n) is 6.50. The summed E-state index contributed by atoms with van der Waals surface area (Å²) in [4.78, 5) is 31.6. The van der Waals surface area contributed by atoms with E-state index in [1.807, 2.05) is 37.3 Å². The van der Waals surface area contributed by atoms with Gasteiger partial charge >= 0.3 is 0 Å². The smallest absolute Gasteiger partial charge is 0.230 e. The number of para-hydroxylation sites is 2. The van der Waals surface area contributed by atoms with Crippen molar-refractivity contribution < 1.29 is 14.3 Å². The van der Waals surface area contributed by atoms with Crippen LogP contribution in [0.15, 0.2) is 42.5 Å². The Kier molecular flexibility index (Phi) is 6.36. The molecular weight excluding hydrogens is 374 g/mol. The first-order chi connectivity index (χ1) is 13.5. The summed E-state index contributed by atoms with van der Waals surface area (Å²) in [7, 11) is 1.60. The lowest BCUT2D eigenvalue weighted by atomic mass is 10.1. The number of methoxy groups -OCH3 is 1. The number of thioether (sulfide) groups is 1. The van der Waals surface area contributed by atoms with Gasteiger partial charge in [0.25, 0.3) is 0 Å². The van der Waals surface area contributed by atoms with Gasteiger partial charge in [-0.1, -0.05) is 12.1 Å². The number of rotatable bonds is 8. The summed E-state index contributed by atoms with van der Waals surface area (Å²) in [6, 6.07) is 12.9. The fraction of sp³-hybridized carbons (Fsp3) is 0.286. The minimum Gasteiger partial charge on any atom is -0.496 e. The van der Waals surface area contributed by atoms with Crippen molar-refractivity contribution in [1.82, 2.24) is 15.3 Å². The first kappa shape index (κ1) is 19.9. The topological polar surface area (TPSA) is 84.1 Å². The second kappa shape index (κ2) is 8.93. The van der Waals surface area contributed by atoms with Crippen molar-refractivity contribution in [2.24, 2.45) is 0 Å². The van der Waals surface area contributed by atoms with E-state index >= 15 is 0 Å². The molecule has 3 aromatic rings. The van der Waals surface area contributed by atoms with E-state index in [1.165, 1.54) is 18.7 Å². The van der Waals surface area contributed by atoms with Gasteiger partial charge in [-0.25, -0.2) is 4.98 Å². The molecule has 0 unspecified atom stereocenters. The third kappa shape index (κ3) is 4.72. The standard InChI is InChI=1S/C21H23N3O3S/c1-13(21-23-17-6-4-5-7-18(17)24-21)22-20(26)12-28-11-16-10-15(14(2)25)8-9-19(16)27-3/h4-10,13H,11-12H2,1-3H3,(H,22,26)(H,23,24)/t13-/m0/s1. The highest BCUT2D eigenvalue weighted by atomic mass is 32.2. The number of ether oxygens (including phenoxy) is 1. The molecule has 0 bridgehead atoms. The number of aromatic amines is 1. The number of H-pyrrole nitrogens is 1. The van der Waals surface area contributed by atoms with Gasteiger partial charge in [0.05, 0.1) is 29.9 Å². The Morgan fingerprint density at radius 3 is 2.75 bits per heavy atom. The highest BCUT2D eigenvalue weighted by Gasteiger charge is 2.14. The normalized spacial score (nSPS) is 12.0. The van der Waals surface area contributed by atoms with Gasteiger partial charge in [0.1, 0.15) is 11.6 Å². The predicted octanol–water partition coefficient (Wildman–Crippen LogP) is 3.88. The van der Waals surface area contributed by atoms with Crippen LogP contribution in [-0.2, 0) is 10.5 Å². The molecule has 0 fully saturated rings. The van der Waals surface area contributed by atoms with Crippen LogP contribution in [0.25, 0.3) is 11.0 Å². The van der Waals surface area contributed by atoms with Crippen LogP contribution in [-0.4, -0.2) is 34.5 Å². The summed E-state index contributed by atoms with van der Waals surface area (Å²) in [6.45, 7) is 3.44. The number of aromatic nitrogens is 2. The molecule has 0 saturated carbocycles. The van der Waals surface area contributed by atoms with E-state index in [9.17, 15) is 9.59 Å². The van der Waals surface area contributed by atoms with Gasteiger partial charge in [-0.2, -0.15) is 0 Å². The SMILES string of the molecule is COc1ccc(C(C)=O)cc1CSCC(=O)N[C@@H](C)c1nc2ccccc2[nH]1. The van der Waals surface area contributed by atoms with Crippen LogP contribution in [0.5, 0.6) is 5.75 Å². The van der Waals surface area contributed by atoms with Crippen LogP contribution in [0, 0.1) is 0 Å².